The first-order valence-corrected chi connectivity index (χ1v) is 5.65. The molecule has 1 aromatic heterocycles. The minimum absolute atomic E-state index is 0.135. The van der Waals surface area contributed by atoms with Crippen molar-refractivity contribution in [3.8, 4) is 0 Å². The summed E-state index contributed by atoms with van der Waals surface area (Å²) in [4.78, 5) is 28.8. The van der Waals surface area contributed by atoms with E-state index in [-0.39, 0.29) is 29.9 Å². The molecular weight excluding hydrogens is 236 g/mol. The van der Waals surface area contributed by atoms with E-state index in [1.54, 1.807) is 20.8 Å². The zero-order valence-corrected chi connectivity index (χ0v) is 10.6. The van der Waals surface area contributed by atoms with Crippen molar-refractivity contribution in [1.29, 1.82) is 0 Å². The number of rotatable bonds is 5. The van der Waals surface area contributed by atoms with Gasteiger partial charge in [0.15, 0.2) is 0 Å². The molecule has 98 valence electrons. The predicted octanol–water partition coefficient (Wildman–Crippen LogP) is 1.50. The third kappa shape index (κ3) is 4.86. The summed E-state index contributed by atoms with van der Waals surface area (Å²) in [6.45, 7) is 5.51. The van der Waals surface area contributed by atoms with Gasteiger partial charge in [0.2, 0.25) is 5.95 Å². The SMILES string of the molecule is CCOC(=O)CC(C)N=Nc1nc(C)cc(=O)[nH]1. The molecule has 0 saturated heterocycles. The second-order valence-corrected chi connectivity index (χ2v) is 3.78. The number of aromatic amines is 1. The fourth-order valence-corrected chi connectivity index (χ4v) is 1.27. The van der Waals surface area contributed by atoms with Crippen LogP contribution in [0, 0.1) is 6.92 Å². The standard InChI is InChI=1S/C11H16N4O3/c1-4-18-10(17)6-8(3)14-15-11-12-7(2)5-9(16)13-11/h5,8H,4,6H2,1-3H3,(H,12,13,16). The Balaban J connectivity index is 2.63. The zero-order valence-electron chi connectivity index (χ0n) is 10.6. The van der Waals surface area contributed by atoms with E-state index in [0.29, 0.717) is 12.3 Å². The highest BCUT2D eigenvalue weighted by molar-refractivity contribution is 5.70. The number of ether oxygens (including phenoxy) is 1. The Labute approximate surface area is 104 Å². The molecule has 7 nitrogen and oxygen atoms in total. The molecule has 0 amide bonds. The van der Waals surface area contributed by atoms with Crippen molar-refractivity contribution in [3.05, 3.63) is 22.1 Å². The molecule has 0 bridgehead atoms. The van der Waals surface area contributed by atoms with Crippen LogP contribution in [0.25, 0.3) is 0 Å². The van der Waals surface area contributed by atoms with Gasteiger partial charge >= 0.3 is 5.97 Å². The van der Waals surface area contributed by atoms with Gasteiger partial charge in [0.25, 0.3) is 5.56 Å². The Morgan fingerprint density at radius 1 is 1.61 bits per heavy atom. The summed E-state index contributed by atoms with van der Waals surface area (Å²) in [5.41, 5.74) is 0.278. The topological polar surface area (TPSA) is 96.8 Å². The molecule has 1 N–H and O–H groups in total. The average Bonchev–Trinajstić information content (AvgIpc) is 2.25. The van der Waals surface area contributed by atoms with Gasteiger partial charge in [-0.3, -0.25) is 14.6 Å². The van der Waals surface area contributed by atoms with Crippen LogP contribution in [-0.4, -0.2) is 28.6 Å². The summed E-state index contributed by atoms with van der Waals surface area (Å²) in [6, 6.07) is 1.04. The molecule has 0 aliphatic heterocycles. The van der Waals surface area contributed by atoms with Crippen LogP contribution in [0.2, 0.25) is 0 Å². The second-order valence-electron chi connectivity index (χ2n) is 3.78. The normalized spacial score (nSPS) is 12.6. The Morgan fingerprint density at radius 3 is 2.94 bits per heavy atom. The maximum Gasteiger partial charge on any atom is 0.308 e. The molecular formula is C11H16N4O3. The van der Waals surface area contributed by atoms with Crippen LogP contribution >= 0.6 is 0 Å². The number of hydrogen-bond donors (Lipinski definition) is 1. The van der Waals surface area contributed by atoms with Gasteiger partial charge < -0.3 is 4.74 Å². The molecule has 1 unspecified atom stereocenters. The molecule has 18 heavy (non-hydrogen) atoms. The number of aromatic nitrogens is 2. The molecule has 0 aliphatic rings. The van der Waals surface area contributed by atoms with Gasteiger partial charge in [0, 0.05) is 11.8 Å². The van der Waals surface area contributed by atoms with Crippen molar-refractivity contribution in [2.75, 3.05) is 6.61 Å². The first kappa shape index (κ1) is 14.0. The van der Waals surface area contributed by atoms with Gasteiger partial charge in [0.05, 0.1) is 19.1 Å². The van der Waals surface area contributed by atoms with Crippen molar-refractivity contribution < 1.29 is 9.53 Å². The fraction of sp³-hybridized carbons (Fsp3) is 0.545. The largest absolute Gasteiger partial charge is 0.466 e. The Hall–Kier alpha value is -2.05. The number of hydrogen-bond acceptors (Lipinski definition) is 6. The van der Waals surface area contributed by atoms with Crippen molar-refractivity contribution in [2.45, 2.75) is 33.2 Å². The number of azo groups is 1. The molecule has 1 atom stereocenters. The molecule has 1 rings (SSSR count). The fourth-order valence-electron chi connectivity index (χ4n) is 1.27. The highest BCUT2D eigenvalue weighted by Crippen LogP contribution is 2.06. The lowest BCUT2D eigenvalue weighted by atomic mass is 10.2. The Morgan fingerprint density at radius 2 is 2.33 bits per heavy atom. The average molecular weight is 252 g/mol. The maximum atomic E-state index is 11.2. The van der Waals surface area contributed by atoms with Crippen LogP contribution in [0.5, 0.6) is 0 Å². The quantitative estimate of drug-likeness (QED) is 0.634. The van der Waals surface area contributed by atoms with Crippen LogP contribution in [0.1, 0.15) is 26.0 Å². The third-order valence-corrected chi connectivity index (χ3v) is 1.97. The first-order valence-electron chi connectivity index (χ1n) is 5.65. The molecule has 0 spiro atoms. The van der Waals surface area contributed by atoms with Gasteiger partial charge in [-0.1, -0.05) is 0 Å². The minimum atomic E-state index is -0.324. The lowest BCUT2D eigenvalue weighted by Crippen LogP contribution is -2.11. The number of nitrogens with zero attached hydrogens (tertiary/aromatic N) is 3. The van der Waals surface area contributed by atoms with E-state index in [9.17, 15) is 9.59 Å². The molecule has 0 fully saturated rings. The first-order chi connectivity index (χ1) is 8.51. The minimum Gasteiger partial charge on any atom is -0.466 e. The van der Waals surface area contributed by atoms with Crippen LogP contribution in [0.3, 0.4) is 0 Å². The Kier molecular flexibility index (Phi) is 5.16. The molecule has 7 heteroatoms. The van der Waals surface area contributed by atoms with E-state index >= 15 is 0 Å². The van der Waals surface area contributed by atoms with Crippen LogP contribution in [0.15, 0.2) is 21.1 Å². The van der Waals surface area contributed by atoms with Gasteiger partial charge in [-0.15, -0.1) is 5.11 Å². The van der Waals surface area contributed by atoms with Crippen LogP contribution in [0.4, 0.5) is 5.95 Å². The van der Waals surface area contributed by atoms with Gasteiger partial charge in [-0.05, 0) is 20.8 Å². The van der Waals surface area contributed by atoms with Gasteiger partial charge in [-0.25, -0.2) is 4.98 Å². The number of aryl methyl sites for hydroxylation is 1. The number of H-pyrrole nitrogens is 1. The third-order valence-electron chi connectivity index (χ3n) is 1.97. The van der Waals surface area contributed by atoms with Crippen molar-refractivity contribution >= 4 is 11.9 Å². The van der Waals surface area contributed by atoms with Crippen molar-refractivity contribution in [2.24, 2.45) is 10.2 Å². The number of carbonyl (C=O) groups is 1. The molecule has 1 aromatic rings. The summed E-state index contributed by atoms with van der Waals surface area (Å²) < 4.78 is 4.79. The van der Waals surface area contributed by atoms with E-state index in [1.807, 2.05) is 0 Å². The molecule has 0 aliphatic carbocycles. The van der Waals surface area contributed by atoms with E-state index in [0.717, 1.165) is 0 Å². The van der Waals surface area contributed by atoms with Gasteiger partial charge in [-0.2, -0.15) is 5.11 Å². The lowest BCUT2D eigenvalue weighted by Gasteiger charge is -2.03. The molecule has 0 radical (unpaired) electrons. The highest BCUT2D eigenvalue weighted by Gasteiger charge is 2.08. The molecule has 0 aromatic carbocycles. The van der Waals surface area contributed by atoms with Crippen molar-refractivity contribution in [3.63, 3.8) is 0 Å². The van der Waals surface area contributed by atoms with Crippen LogP contribution in [-0.2, 0) is 9.53 Å². The Bertz CT molecular complexity index is 495. The lowest BCUT2D eigenvalue weighted by molar-refractivity contribution is -0.143. The zero-order chi connectivity index (χ0) is 13.5. The molecule has 0 saturated carbocycles. The molecule has 1 heterocycles. The predicted molar refractivity (Wildman–Crippen MR) is 64.8 cm³/mol. The summed E-state index contributed by atoms with van der Waals surface area (Å²) in [7, 11) is 0. The van der Waals surface area contributed by atoms with Gasteiger partial charge in [0.1, 0.15) is 0 Å². The smallest absolute Gasteiger partial charge is 0.308 e. The summed E-state index contributed by atoms with van der Waals surface area (Å²) in [6.07, 6.45) is 0.146. The maximum absolute atomic E-state index is 11.2. The van der Waals surface area contributed by atoms with E-state index in [4.69, 9.17) is 4.74 Å². The monoisotopic (exact) mass is 252 g/mol. The van der Waals surface area contributed by atoms with Crippen LogP contribution < -0.4 is 5.56 Å². The second kappa shape index (κ2) is 6.63. The number of carbonyl (C=O) groups excluding carboxylic acids is 1. The number of esters is 1. The van der Waals surface area contributed by atoms with E-state index < -0.39 is 0 Å². The number of nitrogens with one attached hydrogen (secondary N) is 1. The van der Waals surface area contributed by atoms with E-state index in [1.165, 1.54) is 6.07 Å². The van der Waals surface area contributed by atoms with E-state index in [2.05, 4.69) is 20.2 Å². The summed E-state index contributed by atoms with van der Waals surface area (Å²) in [5, 5.41) is 7.68. The summed E-state index contributed by atoms with van der Waals surface area (Å²) in [5.74, 6) is -0.189. The highest BCUT2D eigenvalue weighted by atomic mass is 16.5. The summed E-state index contributed by atoms with van der Waals surface area (Å²) >= 11 is 0. The van der Waals surface area contributed by atoms with Crippen molar-refractivity contribution in [1.82, 2.24) is 9.97 Å².